The topological polar surface area (TPSA) is 38.7 Å². The van der Waals surface area contributed by atoms with Gasteiger partial charge in [-0.1, -0.05) is 12.1 Å². The van der Waals surface area contributed by atoms with Crippen molar-refractivity contribution in [3.8, 4) is 5.75 Å². The molecule has 0 atom stereocenters. The Morgan fingerprint density at radius 1 is 1.47 bits per heavy atom. The highest BCUT2D eigenvalue weighted by atomic mass is 16.5. The number of nitrogens with zero attached hydrogens (tertiary/aromatic N) is 1. The first-order valence-electron chi connectivity index (χ1n) is 4.96. The normalized spacial score (nSPS) is 16.7. The fourth-order valence-electron chi connectivity index (χ4n) is 2.03. The second-order valence-corrected chi connectivity index (χ2v) is 3.89. The summed E-state index contributed by atoms with van der Waals surface area (Å²) in [7, 11) is 1.64. The molecule has 15 heavy (non-hydrogen) atoms. The number of methoxy groups -OCH3 is 1. The number of aryl methyl sites for hydroxylation is 1. The van der Waals surface area contributed by atoms with E-state index in [-0.39, 0.29) is 5.54 Å². The van der Waals surface area contributed by atoms with Crippen LogP contribution in [0.3, 0.4) is 0 Å². The van der Waals surface area contributed by atoms with Gasteiger partial charge in [-0.25, -0.2) is 4.79 Å². The molecule has 78 valence electrons. The molecule has 1 aliphatic carbocycles. The molecule has 1 saturated carbocycles. The molecule has 3 heteroatoms. The molecular formula is C12H13NO2. The minimum absolute atomic E-state index is 0.349. The van der Waals surface area contributed by atoms with E-state index in [2.05, 4.69) is 4.99 Å². The smallest absolute Gasteiger partial charge is 0.235 e. The second kappa shape index (κ2) is 3.52. The van der Waals surface area contributed by atoms with Gasteiger partial charge in [0.2, 0.25) is 6.08 Å². The van der Waals surface area contributed by atoms with Gasteiger partial charge in [0.1, 0.15) is 11.3 Å². The molecular weight excluding hydrogens is 190 g/mol. The van der Waals surface area contributed by atoms with Crippen molar-refractivity contribution in [2.75, 3.05) is 7.11 Å². The summed E-state index contributed by atoms with van der Waals surface area (Å²) < 4.78 is 5.31. The van der Waals surface area contributed by atoms with Crippen molar-refractivity contribution >= 4 is 6.08 Å². The molecule has 0 radical (unpaired) electrons. The molecule has 0 N–H and O–H groups in total. The largest absolute Gasteiger partial charge is 0.496 e. The number of rotatable bonds is 3. The van der Waals surface area contributed by atoms with E-state index in [0.29, 0.717) is 0 Å². The highest BCUT2D eigenvalue weighted by Crippen LogP contribution is 2.53. The van der Waals surface area contributed by atoms with Crippen LogP contribution in [-0.4, -0.2) is 13.2 Å². The van der Waals surface area contributed by atoms with Crippen LogP contribution in [0.4, 0.5) is 0 Å². The van der Waals surface area contributed by atoms with Gasteiger partial charge in [-0.15, -0.1) is 0 Å². The van der Waals surface area contributed by atoms with Crippen LogP contribution in [0, 0.1) is 6.92 Å². The Bertz CT molecular complexity index is 429. The number of aliphatic imine (C=N–C) groups is 1. The van der Waals surface area contributed by atoms with Crippen molar-refractivity contribution in [2.24, 2.45) is 4.99 Å². The Hall–Kier alpha value is -1.60. The van der Waals surface area contributed by atoms with Crippen molar-refractivity contribution in [2.45, 2.75) is 25.3 Å². The molecule has 1 fully saturated rings. The number of hydrogen-bond acceptors (Lipinski definition) is 3. The Morgan fingerprint density at radius 2 is 2.20 bits per heavy atom. The average molecular weight is 203 g/mol. The summed E-state index contributed by atoms with van der Waals surface area (Å²) in [6.45, 7) is 2.01. The molecule has 0 saturated heterocycles. The maximum atomic E-state index is 10.4. The maximum Gasteiger partial charge on any atom is 0.235 e. The first-order chi connectivity index (χ1) is 7.23. The lowest BCUT2D eigenvalue weighted by Crippen LogP contribution is -2.07. The quantitative estimate of drug-likeness (QED) is 0.558. The van der Waals surface area contributed by atoms with E-state index in [1.165, 1.54) is 0 Å². The zero-order chi connectivity index (χ0) is 10.9. The van der Waals surface area contributed by atoms with E-state index in [0.717, 1.165) is 29.7 Å². The predicted molar refractivity (Wildman–Crippen MR) is 56.8 cm³/mol. The third kappa shape index (κ3) is 1.55. The molecule has 0 heterocycles. The predicted octanol–water partition coefficient (Wildman–Crippen LogP) is 2.33. The lowest BCUT2D eigenvalue weighted by Gasteiger charge is -2.15. The van der Waals surface area contributed by atoms with Crippen molar-refractivity contribution in [3.63, 3.8) is 0 Å². The van der Waals surface area contributed by atoms with E-state index < -0.39 is 0 Å². The van der Waals surface area contributed by atoms with E-state index >= 15 is 0 Å². The monoisotopic (exact) mass is 203 g/mol. The van der Waals surface area contributed by atoms with Crippen molar-refractivity contribution in [1.82, 2.24) is 0 Å². The van der Waals surface area contributed by atoms with Crippen LogP contribution in [0.2, 0.25) is 0 Å². The van der Waals surface area contributed by atoms with Crippen LogP contribution < -0.4 is 4.74 Å². The molecule has 0 bridgehead atoms. The number of ether oxygens (including phenoxy) is 1. The van der Waals surface area contributed by atoms with Crippen LogP contribution >= 0.6 is 0 Å². The maximum absolute atomic E-state index is 10.4. The zero-order valence-electron chi connectivity index (χ0n) is 8.91. The molecule has 0 unspecified atom stereocenters. The SMILES string of the molecule is COc1cccc(C)c1C1(N=C=O)CC1. The van der Waals surface area contributed by atoms with Crippen LogP contribution in [-0.2, 0) is 10.3 Å². The molecule has 1 aliphatic rings. The summed E-state index contributed by atoms with van der Waals surface area (Å²) in [4.78, 5) is 14.3. The van der Waals surface area contributed by atoms with Gasteiger partial charge in [0.05, 0.1) is 7.11 Å². The van der Waals surface area contributed by atoms with Crippen LogP contribution in [0.1, 0.15) is 24.0 Å². The van der Waals surface area contributed by atoms with E-state index in [1.807, 2.05) is 25.1 Å². The first kappa shape index (κ1) is 9.94. The van der Waals surface area contributed by atoms with Gasteiger partial charge >= 0.3 is 0 Å². The summed E-state index contributed by atoms with van der Waals surface area (Å²) in [6.07, 6.45) is 3.48. The highest BCUT2D eigenvalue weighted by Gasteiger charge is 2.47. The molecule has 0 amide bonds. The van der Waals surface area contributed by atoms with Gasteiger partial charge < -0.3 is 4.74 Å². The fourth-order valence-corrected chi connectivity index (χ4v) is 2.03. The summed E-state index contributed by atoms with van der Waals surface area (Å²) in [5, 5.41) is 0. The standard InChI is InChI=1S/C12H13NO2/c1-9-4-3-5-10(15-2)11(9)12(6-7-12)13-8-14/h3-5H,6-7H2,1-2H3. The zero-order valence-corrected chi connectivity index (χ0v) is 8.91. The van der Waals surface area contributed by atoms with Crippen LogP contribution in [0.5, 0.6) is 5.75 Å². The number of benzene rings is 1. The Labute approximate surface area is 88.8 Å². The van der Waals surface area contributed by atoms with Gasteiger partial charge in [-0.3, -0.25) is 0 Å². The minimum atomic E-state index is -0.349. The number of isocyanates is 1. The molecule has 0 aliphatic heterocycles. The summed E-state index contributed by atoms with van der Waals surface area (Å²) in [5.41, 5.74) is 1.81. The molecule has 1 aromatic rings. The van der Waals surface area contributed by atoms with Crippen molar-refractivity contribution < 1.29 is 9.53 Å². The average Bonchev–Trinajstić information content (AvgIpc) is 2.98. The lowest BCUT2D eigenvalue weighted by atomic mass is 9.98. The molecule has 2 rings (SSSR count). The van der Waals surface area contributed by atoms with Gasteiger partial charge in [0.25, 0.3) is 0 Å². The van der Waals surface area contributed by atoms with E-state index in [1.54, 1.807) is 13.2 Å². The Morgan fingerprint density at radius 3 is 2.73 bits per heavy atom. The first-order valence-corrected chi connectivity index (χ1v) is 4.96. The van der Waals surface area contributed by atoms with Crippen molar-refractivity contribution in [1.29, 1.82) is 0 Å². The van der Waals surface area contributed by atoms with E-state index in [4.69, 9.17) is 4.74 Å². The van der Waals surface area contributed by atoms with Crippen LogP contribution in [0.15, 0.2) is 23.2 Å². The van der Waals surface area contributed by atoms with Gasteiger partial charge in [-0.2, -0.15) is 4.99 Å². The molecule has 0 aromatic heterocycles. The van der Waals surface area contributed by atoms with Gasteiger partial charge in [-0.05, 0) is 31.4 Å². The number of hydrogen-bond donors (Lipinski definition) is 0. The third-order valence-corrected chi connectivity index (χ3v) is 2.90. The van der Waals surface area contributed by atoms with E-state index in [9.17, 15) is 4.79 Å². The van der Waals surface area contributed by atoms with Gasteiger partial charge in [0.15, 0.2) is 0 Å². The van der Waals surface area contributed by atoms with Crippen LogP contribution in [0.25, 0.3) is 0 Å². The molecule has 3 nitrogen and oxygen atoms in total. The second-order valence-electron chi connectivity index (χ2n) is 3.89. The fraction of sp³-hybridized carbons (Fsp3) is 0.417. The molecule has 1 aromatic carbocycles. The third-order valence-electron chi connectivity index (χ3n) is 2.90. The Balaban J connectivity index is 2.56. The minimum Gasteiger partial charge on any atom is -0.496 e. The lowest BCUT2D eigenvalue weighted by molar-refractivity contribution is 0.404. The summed E-state index contributed by atoms with van der Waals surface area (Å²) in [6, 6.07) is 5.86. The molecule has 0 spiro atoms. The number of carbonyl (C=O) groups excluding carboxylic acids is 1. The highest BCUT2D eigenvalue weighted by molar-refractivity contribution is 5.50. The van der Waals surface area contributed by atoms with Gasteiger partial charge in [0, 0.05) is 5.56 Å². The Kier molecular flexibility index (Phi) is 2.33. The van der Waals surface area contributed by atoms with Crippen molar-refractivity contribution in [3.05, 3.63) is 29.3 Å². The summed E-state index contributed by atoms with van der Waals surface area (Å²) >= 11 is 0. The summed E-state index contributed by atoms with van der Waals surface area (Å²) in [5.74, 6) is 0.812.